The predicted octanol–water partition coefficient (Wildman–Crippen LogP) is 0.587. The highest BCUT2D eigenvalue weighted by Crippen LogP contribution is 2.15. The van der Waals surface area contributed by atoms with Crippen molar-refractivity contribution in [3.8, 4) is 0 Å². The molecule has 0 aliphatic heterocycles. The number of hydrogen-bond donors (Lipinski definition) is 3. The van der Waals surface area contributed by atoms with E-state index in [1.807, 2.05) is 6.92 Å². The smallest absolute Gasteiger partial charge is 0.326 e. The van der Waals surface area contributed by atoms with E-state index < -0.39 is 17.4 Å². The van der Waals surface area contributed by atoms with Crippen LogP contribution in [0.3, 0.4) is 0 Å². The Morgan fingerprint density at radius 3 is 2.25 bits per heavy atom. The Bertz CT molecular complexity index is 264. The number of rotatable bonds is 6. The fraction of sp³-hybridized carbons (Fsp3) is 0.818. The molecule has 4 N–H and O–H groups in total. The topological polar surface area (TPSA) is 92.4 Å². The highest BCUT2D eigenvalue weighted by atomic mass is 16.4. The van der Waals surface area contributed by atoms with E-state index in [9.17, 15) is 9.59 Å². The van der Waals surface area contributed by atoms with Gasteiger partial charge in [0.05, 0.1) is 5.41 Å². The molecule has 0 aliphatic rings. The third-order valence-electron chi connectivity index (χ3n) is 2.89. The van der Waals surface area contributed by atoms with Gasteiger partial charge in [0.15, 0.2) is 0 Å². The standard InChI is InChI=1S/C11H22N2O3/c1-5-7(2)8(9(14)15)13-10(16)11(3,4)6-12/h7-8H,5-6,12H2,1-4H3,(H,13,16)(H,14,15). The lowest BCUT2D eigenvalue weighted by Gasteiger charge is -2.26. The first kappa shape index (κ1) is 14.9. The van der Waals surface area contributed by atoms with Crippen molar-refractivity contribution >= 4 is 11.9 Å². The maximum Gasteiger partial charge on any atom is 0.326 e. The summed E-state index contributed by atoms with van der Waals surface area (Å²) in [5.41, 5.74) is 4.72. The molecule has 0 saturated carbocycles. The Labute approximate surface area is 96.4 Å². The monoisotopic (exact) mass is 230 g/mol. The highest BCUT2D eigenvalue weighted by molar-refractivity contribution is 5.87. The molecule has 94 valence electrons. The Kier molecular flexibility index (Phi) is 5.44. The van der Waals surface area contributed by atoms with E-state index in [1.54, 1.807) is 20.8 Å². The number of amides is 1. The highest BCUT2D eigenvalue weighted by Gasteiger charge is 2.32. The SMILES string of the molecule is CCC(C)C(NC(=O)C(C)(C)CN)C(=O)O. The predicted molar refractivity (Wildman–Crippen MR) is 61.9 cm³/mol. The van der Waals surface area contributed by atoms with E-state index >= 15 is 0 Å². The van der Waals surface area contributed by atoms with Crippen LogP contribution in [-0.2, 0) is 9.59 Å². The minimum Gasteiger partial charge on any atom is -0.480 e. The lowest BCUT2D eigenvalue weighted by Crippen LogP contribution is -2.51. The second-order valence-electron chi connectivity index (χ2n) is 4.76. The van der Waals surface area contributed by atoms with E-state index in [2.05, 4.69) is 5.32 Å². The molecule has 0 heterocycles. The lowest BCUT2D eigenvalue weighted by molar-refractivity contribution is -0.144. The third-order valence-corrected chi connectivity index (χ3v) is 2.89. The van der Waals surface area contributed by atoms with Gasteiger partial charge in [0.2, 0.25) is 5.91 Å². The molecule has 0 aromatic rings. The van der Waals surface area contributed by atoms with E-state index in [1.165, 1.54) is 0 Å². The van der Waals surface area contributed by atoms with E-state index in [0.29, 0.717) is 6.42 Å². The molecule has 0 bridgehead atoms. The minimum absolute atomic E-state index is 0.102. The Hall–Kier alpha value is -1.10. The van der Waals surface area contributed by atoms with Gasteiger partial charge in [0.1, 0.15) is 6.04 Å². The van der Waals surface area contributed by atoms with Gasteiger partial charge >= 0.3 is 5.97 Å². The van der Waals surface area contributed by atoms with Gasteiger partial charge in [-0.25, -0.2) is 4.79 Å². The van der Waals surface area contributed by atoms with Crippen molar-refractivity contribution in [1.82, 2.24) is 5.32 Å². The summed E-state index contributed by atoms with van der Waals surface area (Å²) >= 11 is 0. The van der Waals surface area contributed by atoms with Gasteiger partial charge < -0.3 is 16.2 Å². The molecule has 0 saturated heterocycles. The quantitative estimate of drug-likeness (QED) is 0.622. The summed E-state index contributed by atoms with van der Waals surface area (Å²) in [6, 6.07) is -0.844. The zero-order chi connectivity index (χ0) is 12.9. The van der Waals surface area contributed by atoms with Crippen LogP contribution in [0.15, 0.2) is 0 Å². The zero-order valence-corrected chi connectivity index (χ0v) is 10.4. The number of carbonyl (C=O) groups excluding carboxylic acids is 1. The maximum atomic E-state index is 11.8. The Balaban J connectivity index is 4.65. The van der Waals surface area contributed by atoms with Crippen LogP contribution in [0.25, 0.3) is 0 Å². The van der Waals surface area contributed by atoms with Gasteiger partial charge in [-0.15, -0.1) is 0 Å². The van der Waals surface area contributed by atoms with Crippen LogP contribution < -0.4 is 11.1 Å². The Morgan fingerprint density at radius 1 is 1.44 bits per heavy atom. The molecule has 0 radical (unpaired) electrons. The van der Waals surface area contributed by atoms with Crippen LogP contribution >= 0.6 is 0 Å². The molecule has 0 rings (SSSR count). The van der Waals surface area contributed by atoms with Crippen LogP contribution in [0.1, 0.15) is 34.1 Å². The van der Waals surface area contributed by atoms with Crippen molar-refractivity contribution in [1.29, 1.82) is 0 Å². The minimum atomic E-state index is -1.00. The molecule has 2 atom stereocenters. The van der Waals surface area contributed by atoms with Gasteiger partial charge in [-0.05, 0) is 19.8 Å². The molecule has 5 heteroatoms. The van der Waals surface area contributed by atoms with Crippen LogP contribution in [0.5, 0.6) is 0 Å². The molecule has 2 unspecified atom stereocenters. The zero-order valence-electron chi connectivity index (χ0n) is 10.4. The molecule has 16 heavy (non-hydrogen) atoms. The second-order valence-corrected chi connectivity index (χ2v) is 4.76. The van der Waals surface area contributed by atoms with E-state index in [-0.39, 0.29) is 18.4 Å². The molecule has 0 fully saturated rings. The number of carbonyl (C=O) groups is 2. The van der Waals surface area contributed by atoms with Gasteiger partial charge in [-0.3, -0.25) is 4.79 Å². The van der Waals surface area contributed by atoms with E-state index in [0.717, 1.165) is 0 Å². The lowest BCUT2D eigenvalue weighted by atomic mass is 9.91. The van der Waals surface area contributed by atoms with Crippen molar-refractivity contribution in [2.75, 3.05) is 6.54 Å². The third kappa shape index (κ3) is 3.81. The molecule has 5 nitrogen and oxygen atoms in total. The summed E-state index contributed by atoms with van der Waals surface area (Å²) in [7, 11) is 0. The normalized spacial score (nSPS) is 15.3. The first-order chi connectivity index (χ1) is 7.26. The molecule has 0 aliphatic carbocycles. The van der Waals surface area contributed by atoms with Gasteiger partial charge in [-0.1, -0.05) is 20.3 Å². The average molecular weight is 230 g/mol. The maximum absolute atomic E-state index is 11.8. The number of carboxylic acids is 1. The Morgan fingerprint density at radius 2 is 1.94 bits per heavy atom. The number of nitrogens with one attached hydrogen (secondary N) is 1. The molecular weight excluding hydrogens is 208 g/mol. The van der Waals surface area contributed by atoms with Crippen LogP contribution in [0.4, 0.5) is 0 Å². The first-order valence-electron chi connectivity index (χ1n) is 5.50. The van der Waals surface area contributed by atoms with Gasteiger partial charge in [0.25, 0.3) is 0 Å². The summed E-state index contributed by atoms with van der Waals surface area (Å²) < 4.78 is 0. The number of nitrogens with two attached hydrogens (primary N) is 1. The second kappa shape index (κ2) is 5.84. The molecule has 1 amide bonds. The molecular formula is C11H22N2O3. The number of carboxylic acid groups (broad SMARTS) is 1. The average Bonchev–Trinajstić information content (AvgIpc) is 2.23. The van der Waals surface area contributed by atoms with Crippen molar-refractivity contribution in [3.63, 3.8) is 0 Å². The van der Waals surface area contributed by atoms with Crippen molar-refractivity contribution in [3.05, 3.63) is 0 Å². The molecule has 0 aromatic heterocycles. The summed E-state index contributed by atoms with van der Waals surface area (Å²) in [6.45, 7) is 7.26. The van der Waals surface area contributed by atoms with E-state index in [4.69, 9.17) is 10.8 Å². The van der Waals surface area contributed by atoms with Crippen molar-refractivity contribution < 1.29 is 14.7 Å². The summed E-state index contributed by atoms with van der Waals surface area (Å²) in [5, 5.41) is 11.6. The number of hydrogen-bond acceptors (Lipinski definition) is 3. The van der Waals surface area contributed by atoms with Crippen molar-refractivity contribution in [2.24, 2.45) is 17.1 Å². The van der Waals surface area contributed by atoms with Crippen LogP contribution in [0.2, 0.25) is 0 Å². The summed E-state index contributed by atoms with van der Waals surface area (Å²) in [5.74, 6) is -1.42. The fourth-order valence-electron chi connectivity index (χ4n) is 1.11. The summed E-state index contributed by atoms with van der Waals surface area (Å²) in [4.78, 5) is 22.8. The van der Waals surface area contributed by atoms with Gasteiger partial charge in [-0.2, -0.15) is 0 Å². The largest absolute Gasteiger partial charge is 0.480 e. The molecule has 0 aromatic carbocycles. The molecule has 0 spiro atoms. The first-order valence-corrected chi connectivity index (χ1v) is 5.50. The summed E-state index contributed by atoms with van der Waals surface area (Å²) in [6.07, 6.45) is 0.695. The van der Waals surface area contributed by atoms with Crippen LogP contribution in [-0.4, -0.2) is 29.6 Å². The van der Waals surface area contributed by atoms with Crippen LogP contribution in [0, 0.1) is 11.3 Å². The van der Waals surface area contributed by atoms with Crippen molar-refractivity contribution in [2.45, 2.75) is 40.2 Å². The fourth-order valence-corrected chi connectivity index (χ4v) is 1.11. The van der Waals surface area contributed by atoms with Gasteiger partial charge in [0, 0.05) is 6.54 Å². The number of aliphatic carboxylic acids is 1.